The molecular weight excluding hydrogens is 391 g/mol. The smallest absolute Gasteiger partial charge is 0.169 e. The fourth-order valence-electron chi connectivity index (χ4n) is 2.77. The van der Waals surface area contributed by atoms with Gasteiger partial charge in [-0.05, 0) is 48.2 Å². The molecule has 0 amide bonds. The minimum absolute atomic E-state index is 0.289. The third-order valence-corrected chi connectivity index (χ3v) is 4.87. The van der Waals surface area contributed by atoms with E-state index < -0.39 is 0 Å². The molecule has 0 spiro atoms. The molecule has 0 radical (unpaired) electrons. The minimum atomic E-state index is -0.289. The zero-order chi connectivity index (χ0) is 20.2. The molecule has 7 nitrogen and oxygen atoms in total. The van der Waals surface area contributed by atoms with Crippen molar-refractivity contribution in [1.29, 1.82) is 0 Å². The summed E-state index contributed by atoms with van der Waals surface area (Å²) in [6, 6.07) is 13.6. The van der Waals surface area contributed by atoms with Gasteiger partial charge in [0.2, 0.25) is 0 Å². The van der Waals surface area contributed by atoms with Gasteiger partial charge in [-0.1, -0.05) is 12.1 Å². The van der Waals surface area contributed by atoms with Crippen LogP contribution in [0.3, 0.4) is 0 Å². The maximum absolute atomic E-state index is 13.0. The normalized spacial score (nSPS) is 11.3. The molecule has 9 heteroatoms. The van der Waals surface area contributed by atoms with E-state index in [-0.39, 0.29) is 5.82 Å². The van der Waals surface area contributed by atoms with Crippen molar-refractivity contribution in [1.82, 2.24) is 19.7 Å². The Labute approximate surface area is 170 Å². The van der Waals surface area contributed by atoms with E-state index in [1.54, 1.807) is 30.1 Å². The summed E-state index contributed by atoms with van der Waals surface area (Å²) >= 11 is 1.50. The van der Waals surface area contributed by atoms with Crippen LogP contribution in [0.25, 0.3) is 16.7 Å². The number of aromatic nitrogens is 4. The lowest BCUT2D eigenvalue weighted by Crippen LogP contribution is -1.99. The van der Waals surface area contributed by atoms with Crippen molar-refractivity contribution < 1.29 is 9.13 Å². The molecule has 4 aromatic rings. The quantitative estimate of drug-likeness (QED) is 0.294. The monoisotopic (exact) mass is 408 g/mol. The van der Waals surface area contributed by atoms with Gasteiger partial charge in [-0.3, -0.25) is 5.43 Å². The number of benzene rings is 2. The lowest BCUT2D eigenvalue weighted by atomic mass is 10.2. The first-order chi connectivity index (χ1) is 14.2. The Bertz CT molecular complexity index is 1160. The molecule has 1 N–H and O–H groups in total. The Balaban J connectivity index is 1.70. The second-order valence-corrected chi connectivity index (χ2v) is 6.76. The molecule has 0 saturated carbocycles. The van der Waals surface area contributed by atoms with Crippen LogP contribution in [0.2, 0.25) is 0 Å². The molecule has 0 fully saturated rings. The number of halogens is 1. The molecule has 29 heavy (non-hydrogen) atoms. The SMILES string of the molecule is COc1ccc(-n2nc(SC)c3c(N/N=C/c4ccc(F)cc4)ncnc32)cc1. The highest BCUT2D eigenvalue weighted by Crippen LogP contribution is 2.31. The van der Waals surface area contributed by atoms with Gasteiger partial charge in [-0.25, -0.2) is 19.0 Å². The zero-order valence-electron chi connectivity index (χ0n) is 15.7. The average Bonchev–Trinajstić information content (AvgIpc) is 3.15. The van der Waals surface area contributed by atoms with E-state index in [9.17, 15) is 4.39 Å². The molecular formula is C20H17FN6OS. The van der Waals surface area contributed by atoms with Crippen LogP contribution in [-0.4, -0.2) is 39.3 Å². The minimum Gasteiger partial charge on any atom is -0.497 e. The number of rotatable bonds is 6. The molecule has 4 rings (SSSR count). The largest absolute Gasteiger partial charge is 0.497 e. The van der Waals surface area contributed by atoms with Gasteiger partial charge in [-0.2, -0.15) is 10.2 Å². The molecule has 0 aliphatic carbocycles. The number of fused-ring (bicyclic) bond motifs is 1. The van der Waals surface area contributed by atoms with Crippen molar-refractivity contribution in [2.75, 3.05) is 18.8 Å². The second-order valence-electron chi connectivity index (χ2n) is 5.96. The van der Waals surface area contributed by atoms with E-state index >= 15 is 0 Å². The number of hydrogen-bond acceptors (Lipinski definition) is 7. The van der Waals surface area contributed by atoms with Crippen LogP contribution in [0, 0.1) is 5.82 Å². The summed E-state index contributed by atoms with van der Waals surface area (Å²) < 4.78 is 20.0. The number of anilines is 1. The first kappa shape index (κ1) is 18.9. The van der Waals surface area contributed by atoms with Crippen molar-refractivity contribution >= 4 is 34.8 Å². The number of ether oxygens (including phenoxy) is 1. The Hall–Kier alpha value is -3.46. The number of hydrazone groups is 1. The number of methoxy groups -OCH3 is 1. The van der Waals surface area contributed by atoms with Crippen molar-refractivity contribution in [2.45, 2.75) is 5.03 Å². The first-order valence-electron chi connectivity index (χ1n) is 8.66. The van der Waals surface area contributed by atoms with Crippen molar-refractivity contribution in [2.24, 2.45) is 5.10 Å². The number of nitrogens with one attached hydrogen (secondary N) is 1. The summed E-state index contributed by atoms with van der Waals surface area (Å²) in [6.07, 6.45) is 5.00. The number of nitrogens with zero attached hydrogens (tertiary/aromatic N) is 5. The molecule has 0 saturated heterocycles. The first-order valence-corrected chi connectivity index (χ1v) is 9.89. The van der Waals surface area contributed by atoms with Gasteiger partial charge in [-0.15, -0.1) is 11.8 Å². The average molecular weight is 408 g/mol. The van der Waals surface area contributed by atoms with Gasteiger partial charge in [0, 0.05) is 0 Å². The van der Waals surface area contributed by atoms with Crippen LogP contribution in [0.4, 0.5) is 10.2 Å². The van der Waals surface area contributed by atoms with E-state index in [4.69, 9.17) is 4.74 Å². The van der Waals surface area contributed by atoms with Gasteiger partial charge in [0.05, 0.1) is 24.4 Å². The van der Waals surface area contributed by atoms with Crippen LogP contribution in [0.5, 0.6) is 5.75 Å². The predicted molar refractivity (Wildman–Crippen MR) is 113 cm³/mol. The molecule has 0 aliphatic heterocycles. The number of hydrogen-bond donors (Lipinski definition) is 1. The Morgan fingerprint density at radius 1 is 1.10 bits per heavy atom. The fraction of sp³-hybridized carbons (Fsp3) is 0.100. The predicted octanol–water partition coefficient (Wildman–Crippen LogP) is 4.13. The third kappa shape index (κ3) is 3.90. The van der Waals surface area contributed by atoms with Crippen LogP contribution in [0.1, 0.15) is 5.56 Å². The maximum Gasteiger partial charge on any atom is 0.169 e. The van der Waals surface area contributed by atoms with Crippen LogP contribution in [0.15, 0.2) is 65.0 Å². The summed E-state index contributed by atoms with van der Waals surface area (Å²) in [5, 5.41) is 10.4. The van der Waals surface area contributed by atoms with Gasteiger partial charge in [0.15, 0.2) is 11.5 Å². The summed E-state index contributed by atoms with van der Waals surface area (Å²) in [7, 11) is 1.63. The summed E-state index contributed by atoms with van der Waals surface area (Å²) in [6.45, 7) is 0. The zero-order valence-corrected chi connectivity index (χ0v) is 16.5. The van der Waals surface area contributed by atoms with Crippen molar-refractivity contribution in [3.63, 3.8) is 0 Å². The van der Waals surface area contributed by atoms with Crippen molar-refractivity contribution in [3.8, 4) is 11.4 Å². The van der Waals surface area contributed by atoms with E-state index in [0.29, 0.717) is 11.5 Å². The highest BCUT2D eigenvalue weighted by molar-refractivity contribution is 7.98. The maximum atomic E-state index is 13.0. The number of thioether (sulfide) groups is 1. The fourth-order valence-corrected chi connectivity index (χ4v) is 3.33. The van der Waals surface area contributed by atoms with E-state index in [1.165, 1.54) is 30.2 Å². The molecule has 0 aliphatic rings. The summed E-state index contributed by atoms with van der Waals surface area (Å²) in [4.78, 5) is 8.73. The summed E-state index contributed by atoms with van der Waals surface area (Å²) in [5.74, 6) is 1.02. The summed E-state index contributed by atoms with van der Waals surface area (Å²) in [5.41, 5.74) is 5.23. The second kappa shape index (κ2) is 8.27. The molecule has 2 aromatic carbocycles. The van der Waals surface area contributed by atoms with Crippen molar-refractivity contribution in [3.05, 3.63) is 66.2 Å². The molecule has 0 atom stereocenters. The molecule has 2 heterocycles. The van der Waals surface area contributed by atoms with Crippen LogP contribution >= 0.6 is 11.8 Å². The lowest BCUT2D eigenvalue weighted by Gasteiger charge is -2.05. The Morgan fingerprint density at radius 2 is 1.86 bits per heavy atom. The topological polar surface area (TPSA) is 77.2 Å². The van der Waals surface area contributed by atoms with Gasteiger partial charge in [0.1, 0.15) is 22.9 Å². The molecule has 0 bridgehead atoms. The highest BCUT2D eigenvalue weighted by atomic mass is 32.2. The van der Waals surface area contributed by atoms with E-state index in [2.05, 4.69) is 25.6 Å². The molecule has 2 aromatic heterocycles. The van der Waals surface area contributed by atoms with E-state index in [0.717, 1.165) is 27.4 Å². The molecule has 0 unspecified atom stereocenters. The van der Waals surface area contributed by atoms with E-state index in [1.807, 2.05) is 30.5 Å². The Kier molecular flexibility index (Phi) is 5.39. The van der Waals surface area contributed by atoms with Crippen LogP contribution < -0.4 is 10.2 Å². The standard InChI is InChI=1S/C20H17FN6OS/c1-28-16-9-7-15(8-10-16)27-19-17(20(26-27)29-2)18(22-12-23-19)25-24-11-13-3-5-14(21)6-4-13/h3-12H,1-2H3,(H,22,23,25)/b24-11+. The lowest BCUT2D eigenvalue weighted by molar-refractivity contribution is 0.414. The van der Waals surface area contributed by atoms with Gasteiger partial charge < -0.3 is 4.74 Å². The Morgan fingerprint density at radius 3 is 2.55 bits per heavy atom. The highest BCUT2D eigenvalue weighted by Gasteiger charge is 2.17. The van der Waals surface area contributed by atoms with Gasteiger partial charge >= 0.3 is 0 Å². The van der Waals surface area contributed by atoms with Gasteiger partial charge in [0.25, 0.3) is 0 Å². The van der Waals surface area contributed by atoms with Crippen LogP contribution in [-0.2, 0) is 0 Å². The molecule has 146 valence electrons. The third-order valence-electron chi connectivity index (χ3n) is 4.20.